The van der Waals surface area contributed by atoms with Crippen LogP contribution >= 0.6 is 0 Å². The number of non-ortho nitro benzene ring substituents is 1. The SMILES string of the molecule is CN1CCC(CNc2c(F)cc([N+](=O)[O-])cc2F)CC1. The molecule has 1 heterocycles. The van der Waals surface area contributed by atoms with Gasteiger partial charge in [-0.05, 0) is 38.9 Å². The van der Waals surface area contributed by atoms with Crippen LogP contribution in [0.1, 0.15) is 12.8 Å². The van der Waals surface area contributed by atoms with Gasteiger partial charge in [0, 0.05) is 6.54 Å². The molecule has 1 saturated heterocycles. The number of anilines is 1. The Morgan fingerprint density at radius 3 is 2.40 bits per heavy atom. The first-order valence-electron chi connectivity index (χ1n) is 6.53. The number of nitrogens with one attached hydrogen (secondary N) is 1. The van der Waals surface area contributed by atoms with Crippen LogP contribution in [0.5, 0.6) is 0 Å². The molecule has 1 aromatic rings. The van der Waals surface area contributed by atoms with Crippen LogP contribution in [0, 0.1) is 27.7 Å². The number of hydrogen-bond acceptors (Lipinski definition) is 4. The van der Waals surface area contributed by atoms with Crippen molar-refractivity contribution in [1.29, 1.82) is 0 Å². The van der Waals surface area contributed by atoms with Gasteiger partial charge in [0.1, 0.15) is 5.69 Å². The van der Waals surface area contributed by atoms with E-state index >= 15 is 0 Å². The summed E-state index contributed by atoms with van der Waals surface area (Å²) in [5.41, 5.74) is -0.862. The highest BCUT2D eigenvalue weighted by Gasteiger charge is 2.20. The fraction of sp³-hybridized carbons (Fsp3) is 0.538. The maximum Gasteiger partial charge on any atom is 0.275 e. The van der Waals surface area contributed by atoms with Crippen molar-refractivity contribution in [1.82, 2.24) is 4.90 Å². The molecule has 110 valence electrons. The van der Waals surface area contributed by atoms with Crippen LogP contribution in [0.3, 0.4) is 0 Å². The molecule has 20 heavy (non-hydrogen) atoms. The Morgan fingerprint density at radius 2 is 1.90 bits per heavy atom. The van der Waals surface area contributed by atoms with Crippen LogP contribution in [0.2, 0.25) is 0 Å². The third-order valence-electron chi connectivity index (χ3n) is 3.64. The lowest BCUT2D eigenvalue weighted by Gasteiger charge is -2.29. The van der Waals surface area contributed by atoms with Gasteiger partial charge in [-0.3, -0.25) is 10.1 Å². The normalized spacial score (nSPS) is 17.1. The maximum atomic E-state index is 13.7. The Balaban J connectivity index is 2.01. The van der Waals surface area contributed by atoms with Crippen molar-refractivity contribution in [2.45, 2.75) is 12.8 Å². The summed E-state index contributed by atoms with van der Waals surface area (Å²) < 4.78 is 27.3. The molecule has 7 heteroatoms. The van der Waals surface area contributed by atoms with E-state index in [9.17, 15) is 18.9 Å². The van der Waals surface area contributed by atoms with Gasteiger partial charge in [-0.15, -0.1) is 0 Å². The molecule has 1 N–H and O–H groups in total. The van der Waals surface area contributed by atoms with E-state index in [0.717, 1.165) is 38.1 Å². The number of nitro groups is 1. The Bertz CT molecular complexity index is 479. The third-order valence-corrected chi connectivity index (χ3v) is 3.64. The van der Waals surface area contributed by atoms with Gasteiger partial charge in [0.15, 0.2) is 11.6 Å². The summed E-state index contributed by atoms with van der Waals surface area (Å²) in [5.74, 6) is -1.49. The third kappa shape index (κ3) is 3.41. The van der Waals surface area contributed by atoms with Crippen LogP contribution < -0.4 is 5.32 Å². The second kappa shape index (κ2) is 6.13. The average Bonchev–Trinajstić information content (AvgIpc) is 2.39. The number of rotatable bonds is 4. The summed E-state index contributed by atoms with van der Waals surface area (Å²) in [7, 11) is 2.04. The van der Waals surface area contributed by atoms with Gasteiger partial charge in [0.2, 0.25) is 0 Å². The highest BCUT2D eigenvalue weighted by molar-refractivity contribution is 5.51. The molecule has 5 nitrogen and oxygen atoms in total. The summed E-state index contributed by atoms with van der Waals surface area (Å²) in [5, 5.41) is 13.2. The van der Waals surface area contributed by atoms with Gasteiger partial charge < -0.3 is 10.2 Å². The summed E-state index contributed by atoms with van der Waals surface area (Å²) in [6.07, 6.45) is 1.94. The topological polar surface area (TPSA) is 58.4 Å². The van der Waals surface area contributed by atoms with Gasteiger partial charge in [-0.2, -0.15) is 0 Å². The number of nitro benzene ring substituents is 1. The van der Waals surface area contributed by atoms with E-state index in [1.165, 1.54) is 0 Å². The molecule has 1 aliphatic heterocycles. The minimum Gasteiger partial charge on any atom is -0.380 e. The molecule has 0 radical (unpaired) electrons. The van der Waals surface area contributed by atoms with Crippen LogP contribution in [-0.2, 0) is 0 Å². The Hall–Kier alpha value is -1.76. The second-order valence-electron chi connectivity index (χ2n) is 5.17. The molecule has 0 spiro atoms. The summed E-state index contributed by atoms with van der Waals surface area (Å²) >= 11 is 0. The van der Waals surface area contributed by atoms with Crippen LogP contribution in [0.4, 0.5) is 20.2 Å². The van der Waals surface area contributed by atoms with Crippen molar-refractivity contribution in [3.8, 4) is 0 Å². The van der Waals surface area contributed by atoms with E-state index in [-0.39, 0.29) is 5.69 Å². The number of piperidine rings is 1. The molecule has 0 aromatic heterocycles. The van der Waals surface area contributed by atoms with Crippen molar-refractivity contribution in [3.63, 3.8) is 0 Å². The van der Waals surface area contributed by atoms with E-state index in [1.54, 1.807) is 0 Å². The predicted octanol–water partition coefficient (Wildman–Crippen LogP) is 2.63. The highest BCUT2D eigenvalue weighted by atomic mass is 19.1. The van der Waals surface area contributed by atoms with Gasteiger partial charge in [0.05, 0.1) is 17.1 Å². The van der Waals surface area contributed by atoms with Crippen molar-refractivity contribution in [3.05, 3.63) is 33.9 Å². The molecule has 0 aliphatic carbocycles. The number of benzene rings is 1. The van der Waals surface area contributed by atoms with Gasteiger partial charge in [-0.1, -0.05) is 0 Å². The fourth-order valence-corrected chi connectivity index (χ4v) is 2.35. The monoisotopic (exact) mass is 285 g/mol. The molecule has 0 atom stereocenters. The smallest absolute Gasteiger partial charge is 0.275 e. The van der Waals surface area contributed by atoms with Crippen molar-refractivity contribution >= 4 is 11.4 Å². The van der Waals surface area contributed by atoms with Crippen molar-refractivity contribution in [2.75, 3.05) is 32.0 Å². The zero-order valence-corrected chi connectivity index (χ0v) is 11.2. The fourth-order valence-electron chi connectivity index (χ4n) is 2.35. The average molecular weight is 285 g/mol. The molecule has 0 amide bonds. The minimum absolute atomic E-state index is 0.283. The molecule has 0 bridgehead atoms. The van der Waals surface area contributed by atoms with Gasteiger partial charge >= 0.3 is 0 Å². The number of halogens is 2. The van der Waals surface area contributed by atoms with Crippen LogP contribution in [0.15, 0.2) is 12.1 Å². The highest BCUT2D eigenvalue weighted by Crippen LogP contribution is 2.26. The van der Waals surface area contributed by atoms with E-state index in [0.29, 0.717) is 12.5 Å². The largest absolute Gasteiger partial charge is 0.380 e. The lowest BCUT2D eigenvalue weighted by molar-refractivity contribution is -0.385. The number of hydrogen-bond donors (Lipinski definition) is 1. The first-order valence-corrected chi connectivity index (χ1v) is 6.53. The molecule has 1 aromatic carbocycles. The zero-order chi connectivity index (χ0) is 14.7. The summed E-state index contributed by atoms with van der Waals surface area (Å²) in [6.45, 7) is 2.41. The van der Waals surface area contributed by atoms with Crippen molar-refractivity contribution < 1.29 is 13.7 Å². The van der Waals surface area contributed by atoms with E-state index in [2.05, 4.69) is 10.2 Å². The molecular formula is C13H17F2N3O2. The van der Waals surface area contributed by atoms with Crippen molar-refractivity contribution in [2.24, 2.45) is 5.92 Å². The first-order chi connectivity index (χ1) is 9.47. The van der Waals surface area contributed by atoms with Gasteiger partial charge in [0.25, 0.3) is 5.69 Å². The van der Waals surface area contributed by atoms with E-state index in [4.69, 9.17) is 0 Å². The summed E-state index contributed by atoms with van der Waals surface area (Å²) in [4.78, 5) is 11.9. The zero-order valence-electron chi connectivity index (χ0n) is 11.2. The summed E-state index contributed by atoms with van der Waals surface area (Å²) in [6, 6.07) is 1.47. The van der Waals surface area contributed by atoms with E-state index < -0.39 is 22.2 Å². The predicted molar refractivity (Wildman–Crippen MR) is 71.7 cm³/mol. The van der Waals surface area contributed by atoms with Crippen LogP contribution in [0.25, 0.3) is 0 Å². The number of nitrogens with zero attached hydrogens (tertiary/aromatic N) is 2. The lowest BCUT2D eigenvalue weighted by atomic mass is 9.97. The lowest BCUT2D eigenvalue weighted by Crippen LogP contribution is -2.33. The van der Waals surface area contributed by atoms with Crippen LogP contribution in [-0.4, -0.2) is 36.5 Å². The Morgan fingerprint density at radius 1 is 1.35 bits per heavy atom. The molecule has 1 aliphatic rings. The minimum atomic E-state index is -0.926. The number of likely N-dealkylation sites (tertiary alicyclic amines) is 1. The molecule has 2 rings (SSSR count). The first kappa shape index (κ1) is 14.6. The Labute approximate surface area is 115 Å². The standard InChI is InChI=1S/C13H17F2N3O2/c1-17-4-2-9(3-5-17)8-16-13-11(14)6-10(18(19)20)7-12(13)15/h6-7,9,16H,2-5,8H2,1H3. The van der Waals surface area contributed by atoms with Gasteiger partial charge in [-0.25, -0.2) is 8.78 Å². The molecule has 0 saturated carbocycles. The Kier molecular flexibility index (Phi) is 4.49. The molecule has 0 unspecified atom stereocenters. The quantitative estimate of drug-likeness (QED) is 0.682. The molecule has 1 fully saturated rings. The maximum absolute atomic E-state index is 13.7. The molecular weight excluding hydrogens is 268 g/mol. The van der Waals surface area contributed by atoms with E-state index in [1.807, 2.05) is 7.05 Å². The second-order valence-corrected chi connectivity index (χ2v) is 5.17.